The van der Waals surface area contributed by atoms with E-state index < -0.39 is 0 Å². The van der Waals surface area contributed by atoms with Crippen LogP contribution in [0.25, 0.3) is 0 Å². The highest BCUT2D eigenvalue weighted by Crippen LogP contribution is 2.30. The van der Waals surface area contributed by atoms with Crippen LogP contribution in [-0.4, -0.2) is 18.3 Å². The molecule has 1 aliphatic rings. The number of aliphatic hydroxyl groups excluding tert-OH is 1. The van der Waals surface area contributed by atoms with Gasteiger partial charge >= 0.3 is 0 Å². The first-order valence-corrected chi connectivity index (χ1v) is 6.59. The summed E-state index contributed by atoms with van der Waals surface area (Å²) in [5.74, 6) is 1.09. The Labute approximate surface area is 108 Å². The Balaban J connectivity index is 2.05. The van der Waals surface area contributed by atoms with E-state index in [1.807, 2.05) is 18.2 Å². The zero-order valence-electron chi connectivity index (χ0n) is 10.2. The number of aliphatic hydroxyl groups is 1. The quantitative estimate of drug-likeness (QED) is 0.895. The van der Waals surface area contributed by atoms with Crippen LogP contribution in [-0.2, 0) is 6.42 Å². The minimum Gasteiger partial charge on any atom is -0.495 e. The Morgan fingerprint density at radius 3 is 2.76 bits per heavy atom. The largest absolute Gasteiger partial charge is 0.495 e. The highest BCUT2D eigenvalue weighted by molar-refractivity contribution is 6.32. The minimum absolute atomic E-state index is 0.148. The van der Waals surface area contributed by atoms with Gasteiger partial charge in [-0.3, -0.25) is 0 Å². The molecule has 0 saturated heterocycles. The summed E-state index contributed by atoms with van der Waals surface area (Å²) in [6.45, 7) is 0. The maximum absolute atomic E-state index is 9.94. The standard InChI is InChI=1S/C14H19ClO2/c1-17-14-7-6-10(9-12(14)15)8-11-4-2-3-5-13(11)16/h6-7,9,11,13,16H,2-5,8H2,1H3. The second-order valence-electron chi connectivity index (χ2n) is 4.78. The predicted octanol–water partition coefficient (Wildman–Crippen LogP) is 3.44. The van der Waals surface area contributed by atoms with E-state index in [9.17, 15) is 5.11 Å². The van der Waals surface area contributed by atoms with Gasteiger partial charge in [0.1, 0.15) is 5.75 Å². The maximum Gasteiger partial charge on any atom is 0.137 e. The molecule has 1 aliphatic carbocycles. The first-order chi connectivity index (χ1) is 8.20. The van der Waals surface area contributed by atoms with E-state index in [4.69, 9.17) is 16.3 Å². The van der Waals surface area contributed by atoms with Crippen molar-refractivity contribution < 1.29 is 9.84 Å². The third-order valence-electron chi connectivity index (χ3n) is 3.58. The highest BCUT2D eigenvalue weighted by atomic mass is 35.5. The van der Waals surface area contributed by atoms with Gasteiger partial charge in [-0.05, 0) is 42.9 Å². The topological polar surface area (TPSA) is 29.5 Å². The van der Waals surface area contributed by atoms with Gasteiger partial charge in [0.25, 0.3) is 0 Å². The van der Waals surface area contributed by atoms with Crippen molar-refractivity contribution in [3.8, 4) is 5.75 Å². The van der Waals surface area contributed by atoms with Crippen molar-refractivity contribution >= 4 is 11.6 Å². The van der Waals surface area contributed by atoms with Crippen LogP contribution in [0.4, 0.5) is 0 Å². The van der Waals surface area contributed by atoms with Crippen molar-refractivity contribution in [3.63, 3.8) is 0 Å². The zero-order chi connectivity index (χ0) is 12.3. The zero-order valence-corrected chi connectivity index (χ0v) is 10.9. The van der Waals surface area contributed by atoms with E-state index >= 15 is 0 Å². The molecule has 0 radical (unpaired) electrons. The van der Waals surface area contributed by atoms with Crippen molar-refractivity contribution in [3.05, 3.63) is 28.8 Å². The second kappa shape index (κ2) is 5.74. The molecule has 0 spiro atoms. The average molecular weight is 255 g/mol. The number of methoxy groups -OCH3 is 1. The molecule has 2 rings (SSSR count). The van der Waals surface area contributed by atoms with Crippen molar-refractivity contribution in [2.24, 2.45) is 5.92 Å². The molecule has 1 N–H and O–H groups in total. The minimum atomic E-state index is -0.148. The summed E-state index contributed by atoms with van der Waals surface area (Å²) in [6, 6.07) is 5.88. The molecule has 1 fully saturated rings. The molecule has 17 heavy (non-hydrogen) atoms. The van der Waals surface area contributed by atoms with Crippen LogP contribution >= 0.6 is 11.6 Å². The smallest absolute Gasteiger partial charge is 0.137 e. The van der Waals surface area contributed by atoms with Gasteiger partial charge in [-0.2, -0.15) is 0 Å². The van der Waals surface area contributed by atoms with Crippen molar-refractivity contribution in [1.82, 2.24) is 0 Å². The lowest BCUT2D eigenvalue weighted by Crippen LogP contribution is -2.26. The average Bonchev–Trinajstić information content (AvgIpc) is 2.32. The molecule has 1 saturated carbocycles. The second-order valence-corrected chi connectivity index (χ2v) is 5.19. The van der Waals surface area contributed by atoms with Crippen LogP contribution in [0.3, 0.4) is 0 Å². The van der Waals surface area contributed by atoms with Crippen LogP contribution in [0, 0.1) is 5.92 Å². The summed E-state index contributed by atoms with van der Waals surface area (Å²) in [6.07, 6.45) is 5.20. The van der Waals surface area contributed by atoms with Crippen LogP contribution in [0.15, 0.2) is 18.2 Å². The van der Waals surface area contributed by atoms with E-state index in [1.54, 1.807) is 7.11 Å². The molecule has 1 aromatic carbocycles. The first-order valence-electron chi connectivity index (χ1n) is 6.21. The van der Waals surface area contributed by atoms with Gasteiger partial charge < -0.3 is 9.84 Å². The van der Waals surface area contributed by atoms with Crippen LogP contribution in [0.2, 0.25) is 5.02 Å². The van der Waals surface area contributed by atoms with Crippen LogP contribution in [0.1, 0.15) is 31.2 Å². The van der Waals surface area contributed by atoms with Gasteiger partial charge in [-0.1, -0.05) is 30.5 Å². The Kier molecular flexibility index (Phi) is 4.30. The SMILES string of the molecule is COc1ccc(CC2CCCCC2O)cc1Cl. The van der Waals surface area contributed by atoms with Crippen molar-refractivity contribution in [1.29, 1.82) is 0 Å². The van der Waals surface area contributed by atoms with Gasteiger partial charge in [0, 0.05) is 0 Å². The fourth-order valence-corrected chi connectivity index (χ4v) is 2.85. The molecule has 94 valence electrons. The number of rotatable bonds is 3. The molecule has 0 amide bonds. The number of ether oxygens (including phenoxy) is 1. The fraction of sp³-hybridized carbons (Fsp3) is 0.571. The maximum atomic E-state index is 9.94. The molecular formula is C14H19ClO2. The number of benzene rings is 1. The lowest BCUT2D eigenvalue weighted by molar-refractivity contribution is 0.0700. The summed E-state index contributed by atoms with van der Waals surface area (Å²) in [4.78, 5) is 0. The molecule has 0 heterocycles. The molecular weight excluding hydrogens is 236 g/mol. The number of hydrogen-bond acceptors (Lipinski definition) is 2. The molecule has 2 unspecified atom stereocenters. The lowest BCUT2D eigenvalue weighted by Gasteiger charge is -2.27. The predicted molar refractivity (Wildman–Crippen MR) is 69.7 cm³/mol. The molecule has 0 aromatic heterocycles. The number of hydrogen-bond donors (Lipinski definition) is 1. The third-order valence-corrected chi connectivity index (χ3v) is 3.88. The van der Waals surface area contributed by atoms with E-state index in [2.05, 4.69) is 0 Å². The summed E-state index contributed by atoms with van der Waals surface area (Å²) >= 11 is 6.10. The van der Waals surface area contributed by atoms with E-state index in [0.29, 0.717) is 16.7 Å². The van der Waals surface area contributed by atoms with E-state index in [1.165, 1.54) is 12.0 Å². The highest BCUT2D eigenvalue weighted by Gasteiger charge is 2.23. The van der Waals surface area contributed by atoms with Crippen molar-refractivity contribution in [2.45, 2.75) is 38.2 Å². The molecule has 3 heteroatoms. The Morgan fingerprint density at radius 1 is 1.35 bits per heavy atom. The summed E-state index contributed by atoms with van der Waals surface area (Å²) in [5.41, 5.74) is 1.18. The summed E-state index contributed by atoms with van der Waals surface area (Å²) in [7, 11) is 1.62. The van der Waals surface area contributed by atoms with Gasteiger partial charge in [-0.25, -0.2) is 0 Å². The molecule has 0 bridgehead atoms. The first kappa shape index (κ1) is 12.7. The van der Waals surface area contributed by atoms with Crippen LogP contribution < -0.4 is 4.74 Å². The Hall–Kier alpha value is -0.730. The van der Waals surface area contributed by atoms with Gasteiger partial charge in [0.15, 0.2) is 0 Å². The molecule has 2 atom stereocenters. The van der Waals surface area contributed by atoms with E-state index in [-0.39, 0.29) is 6.10 Å². The summed E-state index contributed by atoms with van der Waals surface area (Å²) in [5, 5.41) is 10.6. The molecule has 1 aromatic rings. The van der Waals surface area contributed by atoms with Gasteiger partial charge in [0.2, 0.25) is 0 Å². The number of halogens is 1. The monoisotopic (exact) mass is 254 g/mol. The Bertz CT molecular complexity index is 378. The Morgan fingerprint density at radius 2 is 2.12 bits per heavy atom. The summed E-state index contributed by atoms with van der Waals surface area (Å²) < 4.78 is 5.13. The van der Waals surface area contributed by atoms with Crippen molar-refractivity contribution in [2.75, 3.05) is 7.11 Å². The third kappa shape index (κ3) is 3.14. The molecule has 0 aliphatic heterocycles. The van der Waals surface area contributed by atoms with Crippen LogP contribution in [0.5, 0.6) is 5.75 Å². The van der Waals surface area contributed by atoms with Gasteiger partial charge in [-0.15, -0.1) is 0 Å². The molecule has 2 nitrogen and oxygen atoms in total. The van der Waals surface area contributed by atoms with Gasteiger partial charge in [0.05, 0.1) is 18.2 Å². The fourth-order valence-electron chi connectivity index (χ4n) is 2.57. The van der Waals surface area contributed by atoms with E-state index in [0.717, 1.165) is 25.7 Å². The lowest BCUT2D eigenvalue weighted by atomic mass is 9.82. The normalized spacial score (nSPS) is 24.6.